The Kier molecular flexibility index (Phi) is 5.74. The summed E-state index contributed by atoms with van der Waals surface area (Å²) in [6.07, 6.45) is 3.80. The minimum atomic E-state index is -3.42. The van der Waals surface area contributed by atoms with Crippen molar-refractivity contribution < 1.29 is 8.42 Å². The smallest absolute Gasteiger partial charge is 0.279 e. The molecule has 2 N–H and O–H groups in total. The van der Waals surface area contributed by atoms with E-state index in [1.165, 1.54) is 0 Å². The second-order valence-corrected chi connectivity index (χ2v) is 7.24. The fourth-order valence-electron chi connectivity index (χ4n) is 2.57. The maximum atomic E-state index is 12.3. The molecule has 0 saturated carbocycles. The van der Waals surface area contributed by atoms with Crippen molar-refractivity contribution in [3.63, 3.8) is 0 Å². The van der Waals surface area contributed by atoms with Gasteiger partial charge in [0.25, 0.3) is 10.2 Å². The van der Waals surface area contributed by atoms with Gasteiger partial charge in [-0.1, -0.05) is 6.92 Å². The fraction of sp³-hybridized carbons (Fsp3) is 0.769. The van der Waals surface area contributed by atoms with Gasteiger partial charge in [-0.25, -0.2) is 0 Å². The topological polar surface area (TPSA) is 79.3 Å². The molecule has 0 spiro atoms. The number of aryl methyl sites for hydroxylation is 1. The van der Waals surface area contributed by atoms with E-state index in [-0.39, 0.29) is 6.54 Å². The standard InChI is InChI=1S/C13H25N5O2S/c1-3-14-9-12-5-4-7-18(11-12)21(19,20)15-10-13-6-8-17(2)16-13/h6,8,12,14-15H,3-5,7,9-11H2,1-2H3. The first kappa shape index (κ1) is 16.4. The van der Waals surface area contributed by atoms with Crippen molar-refractivity contribution in [2.45, 2.75) is 26.3 Å². The molecule has 0 aromatic carbocycles. The van der Waals surface area contributed by atoms with Crippen molar-refractivity contribution in [1.82, 2.24) is 24.1 Å². The molecule has 1 aliphatic rings. The summed E-state index contributed by atoms with van der Waals surface area (Å²) in [5, 5.41) is 7.47. The Hall–Kier alpha value is -0.960. The van der Waals surface area contributed by atoms with E-state index < -0.39 is 10.2 Å². The van der Waals surface area contributed by atoms with Gasteiger partial charge in [0, 0.05) is 26.3 Å². The van der Waals surface area contributed by atoms with Gasteiger partial charge < -0.3 is 5.32 Å². The summed E-state index contributed by atoms with van der Waals surface area (Å²) >= 11 is 0. The van der Waals surface area contributed by atoms with E-state index in [0.717, 1.165) is 31.6 Å². The van der Waals surface area contributed by atoms with Gasteiger partial charge >= 0.3 is 0 Å². The highest BCUT2D eigenvalue weighted by molar-refractivity contribution is 7.87. The lowest BCUT2D eigenvalue weighted by molar-refractivity contribution is 0.258. The summed E-state index contributed by atoms with van der Waals surface area (Å²) in [7, 11) is -1.61. The molecule has 2 heterocycles. The van der Waals surface area contributed by atoms with Crippen LogP contribution in [0.3, 0.4) is 0 Å². The maximum Gasteiger partial charge on any atom is 0.279 e. The van der Waals surface area contributed by atoms with Gasteiger partial charge in [0.2, 0.25) is 0 Å². The third-order valence-electron chi connectivity index (χ3n) is 3.71. The number of nitrogens with zero attached hydrogens (tertiary/aromatic N) is 3. The van der Waals surface area contributed by atoms with E-state index in [2.05, 4.69) is 22.1 Å². The molecule has 1 aromatic heterocycles. The van der Waals surface area contributed by atoms with Crippen LogP contribution in [-0.2, 0) is 23.8 Å². The van der Waals surface area contributed by atoms with Crippen LogP contribution in [0.1, 0.15) is 25.5 Å². The van der Waals surface area contributed by atoms with Crippen LogP contribution >= 0.6 is 0 Å². The second-order valence-electron chi connectivity index (χ2n) is 5.48. The Bertz CT molecular complexity index is 543. The van der Waals surface area contributed by atoms with E-state index in [0.29, 0.717) is 19.0 Å². The van der Waals surface area contributed by atoms with Crippen molar-refractivity contribution in [2.24, 2.45) is 13.0 Å². The number of hydrogen-bond donors (Lipinski definition) is 2. The zero-order valence-corrected chi connectivity index (χ0v) is 13.6. The zero-order valence-electron chi connectivity index (χ0n) is 12.7. The molecule has 0 radical (unpaired) electrons. The molecule has 2 rings (SSSR count). The van der Waals surface area contributed by atoms with Gasteiger partial charge in [-0.2, -0.15) is 22.5 Å². The van der Waals surface area contributed by atoms with Gasteiger partial charge in [0.05, 0.1) is 12.2 Å². The van der Waals surface area contributed by atoms with E-state index in [1.54, 1.807) is 15.2 Å². The molecule has 1 fully saturated rings. The molecule has 1 aliphatic heterocycles. The minimum absolute atomic E-state index is 0.234. The van der Waals surface area contributed by atoms with E-state index in [4.69, 9.17) is 0 Å². The van der Waals surface area contributed by atoms with Gasteiger partial charge in [-0.05, 0) is 37.9 Å². The molecule has 0 bridgehead atoms. The normalized spacial score (nSPS) is 20.8. The molecule has 1 aromatic rings. The molecule has 0 amide bonds. The van der Waals surface area contributed by atoms with E-state index >= 15 is 0 Å². The van der Waals surface area contributed by atoms with Crippen LogP contribution < -0.4 is 10.0 Å². The highest BCUT2D eigenvalue weighted by Crippen LogP contribution is 2.18. The maximum absolute atomic E-state index is 12.3. The van der Waals surface area contributed by atoms with Crippen molar-refractivity contribution in [2.75, 3.05) is 26.2 Å². The van der Waals surface area contributed by atoms with Gasteiger partial charge in [-0.3, -0.25) is 4.68 Å². The van der Waals surface area contributed by atoms with Gasteiger partial charge in [-0.15, -0.1) is 0 Å². The van der Waals surface area contributed by atoms with Crippen molar-refractivity contribution in [3.8, 4) is 0 Å². The third-order valence-corrected chi connectivity index (χ3v) is 5.23. The first-order valence-corrected chi connectivity index (χ1v) is 8.89. The lowest BCUT2D eigenvalue weighted by atomic mass is 10.00. The van der Waals surface area contributed by atoms with Crippen LogP contribution in [0.5, 0.6) is 0 Å². The van der Waals surface area contributed by atoms with Crippen LogP contribution in [0, 0.1) is 5.92 Å². The summed E-state index contributed by atoms with van der Waals surface area (Å²) in [5.41, 5.74) is 0.724. The Balaban J connectivity index is 1.89. The number of aromatic nitrogens is 2. The van der Waals surface area contributed by atoms with Crippen molar-refractivity contribution in [3.05, 3.63) is 18.0 Å². The predicted molar refractivity (Wildman–Crippen MR) is 81.8 cm³/mol. The molecule has 120 valence electrons. The van der Waals surface area contributed by atoms with Crippen LogP contribution in [0.25, 0.3) is 0 Å². The molecule has 1 unspecified atom stereocenters. The number of hydrogen-bond acceptors (Lipinski definition) is 4. The summed E-state index contributed by atoms with van der Waals surface area (Å²) in [6.45, 7) is 5.28. The first-order valence-electron chi connectivity index (χ1n) is 7.45. The van der Waals surface area contributed by atoms with Crippen LogP contribution in [-0.4, -0.2) is 48.7 Å². The average molecular weight is 315 g/mol. The zero-order chi connectivity index (χ0) is 15.3. The molecular formula is C13H25N5O2S. The molecule has 1 atom stereocenters. The van der Waals surface area contributed by atoms with Crippen molar-refractivity contribution in [1.29, 1.82) is 0 Å². The molecule has 8 heteroatoms. The first-order chi connectivity index (χ1) is 10.0. The summed E-state index contributed by atoms with van der Waals surface area (Å²) in [6, 6.07) is 1.81. The third kappa shape index (κ3) is 4.77. The van der Waals surface area contributed by atoms with Crippen LogP contribution in [0.4, 0.5) is 0 Å². The number of nitrogens with one attached hydrogen (secondary N) is 2. The highest BCUT2D eigenvalue weighted by atomic mass is 32.2. The van der Waals surface area contributed by atoms with Gasteiger partial charge in [0.1, 0.15) is 0 Å². The highest BCUT2D eigenvalue weighted by Gasteiger charge is 2.28. The lowest BCUT2D eigenvalue weighted by Gasteiger charge is -2.31. The summed E-state index contributed by atoms with van der Waals surface area (Å²) in [4.78, 5) is 0. The molecule has 21 heavy (non-hydrogen) atoms. The molecule has 0 aliphatic carbocycles. The van der Waals surface area contributed by atoms with Crippen LogP contribution in [0.15, 0.2) is 12.3 Å². The quantitative estimate of drug-likeness (QED) is 0.747. The number of piperidine rings is 1. The van der Waals surface area contributed by atoms with E-state index in [9.17, 15) is 8.42 Å². The van der Waals surface area contributed by atoms with Gasteiger partial charge in [0.15, 0.2) is 0 Å². The Labute approximate surface area is 126 Å². The Morgan fingerprint density at radius 2 is 2.29 bits per heavy atom. The fourth-order valence-corrected chi connectivity index (χ4v) is 3.86. The average Bonchev–Trinajstić information content (AvgIpc) is 2.89. The monoisotopic (exact) mass is 315 g/mol. The lowest BCUT2D eigenvalue weighted by Crippen LogP contribution is -2.47. The molecular weight excluding hydrogens is 290 g/mol. The summed E-state index contributed by atoms with van der Waals surface area (Å²) in [5.74, 6) is 0.394. The SMILES string of the molecule is CCNCC1CCCN(S(=O)(=O)NCc2ccn(C)n2)C1. The van der Waals surface area contributed by atoms with E-state index in [1.807, 2.05) is 13.1 Å². The molecule has 1 saturated heterocycles. The largest absolute Gasteiger partial charge is 0.317 e. The van der Waals surface area contributed by atoms with Crippen LogP contribution in [0.2, 0.25) is 0 Å². The Morgan fingerprint density at radius 1 is 1.48 bits per heavy atom. The second kappa shape index (κ2) is 7.35. The number of rotatable bonds is 7. The predicted octanol–water partition coefficient (Wildman–Crippen LogP) is 0.0760. The Morgan fingerprint density at radius 3 is 2.95 bits per heavy atom. The van der Waals surface area contributed by atoms with Crippen molar-refractivity contribution >= 4 is 10.2 Å². The summed E-state index contributed by atoms with van der Waals surface area (Å²) < 4.78 is 30.5. The minimum Gasteiger partial charge on any atom is -0.317 e. The molecule has 7 nitrogen and oxygen atoms in total.